The Kier molecular flexibility index (Phi) is 5.11. The van der Waals surface area contributed by atoms with E-state index in [9.17, 15) is 14.4 Å². The molecule has 0 radical (unpaired) electrons. The summed E-state index contributed by atoms with van der Waals surface area (Å²) >= 11 is 0. The van der Waals surface area contributed by atoms with E-state index in [-0.39, 0.29) is 18.0 Å². The van der Waals surface area contributed by atoms with Crippen LogP contribution in [-0.2, 0) is 14.4 Å². The number of carboxylic acids is 1. The van der Waals surface area contributed by atoms with Gasteiger partial charge in [0.05, 0.1) is 0 Å². The van der Waals surface area contributed by atoms with Crippen LogP contribution >= 0.6 is 0 Å². The van der Waals surface area contributed by atoms with Crippen molar-refractivity contribution in [3.05, 3.63) is 24.3 Å². The molecule has 1 aliphatic rings. The van der Waals surface area contributed by atoms with Crippen LogP contribution in [0.4, 0.5) is 0 Å². The molecule has 4 heteroatoms. The highest BCUT2D eigenvalue weighted by Gasteiger charge is 1.97. The van der Waals surface area contributed by atoms with Gasteiger partial charge in [-0.05, 0) is 24.3 Å². The van der Waals surface area contributed by atoms with Gasteiger partial charge in [0.15, 0.2) is 11.6 Å². The molecule has 70 valence electrons. The standard InChI is InChI=1S/C6H4O2.C3H6O2/c7-5-1-2-6(8)4-3-5;1-2-3(4)5/h1-4H;2H2,1H3,(H,4,5). The lowest BCUT2D eigenvalue weighted by molar-refractivity contribution is -0.136. The summed E-state index contributed by atoms with van der Waals surface area (Å²) in [7, 11) is 0. The number of carbonyl (C=O) groups is 3. The van der Waals surface area contributed by atoms with Crippen molar-refractivity contribution in [2.45, 2.75) is 13.3 Å². The molecule has 0 fully saturated rings. The average molecular weight is 182 g/mol. The normalized spacial score (nSPS) is 13.6. The smallest absolute Gasteiger partial charge is 0.303 e. The second kappa shape index (κ2) is 5.88. The lowest BCUT2D eigenvalue weighted by Crippen LogP contribution is -1.97. The first-order chi connectivity index (χ1) is 6.06. The van der Waals surface area contributed by atoms with Crippen molar-refractivity contribution in [1.82, 2.24) is 0 Å². The maximum Gasteiger partial charge on any atom is 0.303 e. The van der Waals surface area contributed by atoms with Gasteiger partial charge >= 0.3 is 5.97 Å². The third-order valence-electron chi connectivity index (χ3n) is 1.13. The summed E-state index contributed by atoms with van der Waals surface area (Å²) in [4.78, 5) is 29.9. The van der Waals surface area contributed by atoms with Gasteiger partial charge in [0.1, 0.15) is 0 Å². The number of allylic oxidation sites excluding steroid dienone is 4. The molecule has 0 saturated carbocycles. The molecular formula is C9H10O4. The molecule has 0 heterocycles. The van der Waals surface area contributed by atoms with Crippen molar-refractivity contribution < 1.29 is 19.5 Å². The largest absolute Gasteiger partial charge is 0.481 e. The molecule has 0 amide bonds. The van der Waals surface area contributed by atoms with Gasteiger partial charge in [0, 0.05) is 6.42 Å². The van der Waals surface area contributed by atoms with E-state index in [1.165, 1.54) is 24.3 Å². The highest BCUT2D eigenvalue weighted by molar-refractivity contribution is 6.14. The zero-order chi connectivity index (χ0) is 10.3. The molecule has 0 aromatic rings. The zero-order valence-electron chi connectivity index (χ0n) is 7.19. The van der Waals surface area contributed by atoms with Gasteiger partial charge in [0.25, 0.3) is 0 Å². The van der Waals surface area contributed by atoms with Crippen LogP contribution in [0.2, 0.25) is 0 Å². The van der Waals surface area contributed by atoms with Crippen LogP contribution < -0.4 is 0 Å². The van der Waals surface area contributed by atoms with Gasteiger partial charge in [-0.1, -0.05) is 6.92 Å². The van der Waals surface area contributed by atoms with Gasteiger partial charge in [-0.15, -0.1) is 0 Å². The summed E-state index contributed by atoms with van der Waals surface area (Å²) < 4.78 is 0. The Balaban J connectivity index is 0.000000252. The number of hydrogen-bond donors (Lipinski definition) is 1. The molecule has 1 N–H and O–H groups in total. The summed E-state index contributed by atoms with van der Waals surface area (Å²) in [6.07, 6.45) is 5.23. The molecule has 13 heavy (non-hydrogen) atoms. The first-order valence-corrected chi connectivity index (χ1v) is 3.72. The predicted octanol–water partition coefficient (Wildman–Crippen LogP) is 0.732. The first-order valence-electron chi connectivity index (χ1n) is 3.72. The average Bonchev–Trinajstić information content (AvgIpc) is 2.11. The van der Waals surface area contributed by atoms with Crippen LogP contribution in [0.1, 0.15) is 13.3 Å². The van der Waals surface area contributed by atoms with Gasteiger partial charge in [-0.2, -0.15) is 0 Å². The minimum atomic E-state index is -0.745. The lowest BCUT2D eigenvalue weighted by atomic mass is 10.2. The molecule has 0 atom stereocenters. The molecule has 0 aromatic heterocycles. The molecule has 0 bridgehead atoms. The fourth-order valence-corrected chi connectivity index (χ4v) is 0.440. The number of ketones is 2. The van der Waals surface area contributed by atoms with E-state index >= 15 is 0 Å². The van der Waals surface area contributed by atoms with Gasteiger partial charge in [0.2, 0.25) is 0 Å². The molecule has 4 nitrogen and oxygen atoms in total. The monoisotopic (exact) mass is 182 g/mol. The van der Waals surface area contributed by atoms with E-state index in [1.54, 1.807) is 6.92 Å². The Hall–Kier alpha value is -1.71. The van der Waals surface area contributed by atoms with E-state index < -0.39 is 5.97 Å². The molecule has 0 unspecified atom stereocenters. The van der Waals surface area contributed by atoms with Crippen LogP contribution in [0.5, 0.6) is 0 Å². The van der Waals surface area contributed by atoms with Gasteiger partial charge in [-0.25, -0.2) is 0 Å². The Morgan fingerprint density at radius 1 is 1.15 bits per heavy atom. The van der Waals surface area contributed by atoms with Crippen molar-refractivity contribution in [2.24, 2.45) is 0 Å². The maximum absolute atomic E-state index is 10.3. The Bertz CT molecular complexity index is 235. The van der Waals surface area contributed by atoms with Crippen LogP contribution in [0, 0.1) is 0 Å². The van der Waals surface area contributed by atoms with Crippen LogP contribution in [0.25, 0.3) is 0 Å². The minimum absolute atomic E-state index is 0.121. The topological polar surface area (TPSA) is 71.4 Å². The molecule has 0 aliphatic heterocycles. The second-order valence-corrected chi connectivity index (χ2v) is 2.22. The minimum Gasteiger partial charge on any atom is -0.481 e. The second-order valence-electron chi connectivity index (χ2n) is 2.22. The number of carboxylic acid groups (broad SMARTS) is 1. The summed E-state index contributed by atoms with van der Waals surface area (Å²) in [5.74, 6) is -0.987. The van der Waals surface area contributed by atoms with Crippen molar-refractivity contribution in [2.75, 3.05) is 0 Å². The number of carbonyl (C=O) groups excluding carboxylic acids is 2. The van der Waals surface area contributed by atoms with Crippen molar-refractivity contribution in [1.29, 1.82) is 0 Å². The zero-order valence-corrected chi connectivity index (χ0v) is 7.19. The van der Waals surface area contributed by atoms with E-state index in [4.69, 9.17) is 5.11 Å². The molecule has 1 aliphatic carbocycles. The Morgan fingerprint density at radius 3 is 1.54 bits per heavy atom. The molecule has 0 saturated heterocycles. The van der Waals surface area contributed by atoms with Gasteiger partial charge in [-0.3, -0.25) is 14.4 Å². The van der Waals surface area contributed by atoms with Crippen molar-refractivity contribution >= 4 is 17.5 Å². The quantitative estimate of drug-likeness (QED) is 0.607. The Morgan fingerprint density at radius 2 is 1.38 bits per heavy atom. The third-order valence-corrected chi connectivity index (χ3v) is 1.13. The van der Waals surface area contributed by atoms with E-state index in [2.05, 4.69) is 0 Å². The van der Waals surface area contributed by atoms with Crippen molar-refractivity contribution in [3.63, 3.8) is 0 Å². The van der Waals surface area contributed by atoms with Crippen LogP contribution in [0.15, 0.2) is 24.3 Å². The highest BCUT2D eigenvalue weighted by atomic mass is 16.4. The summed E-state index contributed by atoms with van der Waals surface area (Å²) in [5.41, 5.74) is 0. The summed E-state index contributed by atoms with van der Waals surface area (Å²) in [6, 6.07) is 0. The van der Waals surface area contributed by atoms with Crippen LogP contribution in [-0.4, -0.2) is 22.6 Å². The molecule has 0 aromatic carbocycles. The number of aliphatic carboxylic acids is 1. The van der Waals surface area contributed by atoms with E-state index in [1.807, 2.05) is 0 Å². The van der Waals surface area contributed by atoms with Crippen molar-refractivity contribution in [3.8, 4) is 0 Å². The van der Waals surface area contributed by atoms with Gasteiger partial charge < -0.3 is 5.11 Å². The summed E-state index contributed by atoms with van der Waals surface area (Å²) in [5, 5.41) is 7.72. The molecular weight excluding hydrogens is 172 g/mol. The molecule has 0 spiro atoms. The maximum atomic E-state index is 10.3. The fraction of sp³-hybridized carbons (Fsp3) is 0.222. The first kappa shape index (κ1) is 11.3. The third kappa shape index (κ3) is 6.68. The highest BCUT2D eigenvalue weighted by Crippen LogP contribution is 1.90. The predicted molar refractivity (Wildman–Crippen MR) is 46.2 cm³/mol. The number of rotatable bonds is 1. The lowest BCUT2D eigenvalue weighted by Gasteiger charge is -1.87. The van der Waals surface area contributed by atoms with Crippen LogP contribution in [0.3, 0.4) is 0 Å². The number of hydrogen-bond acceptors (Lipinski definition) is 3. The molecule has 1 rings (SSSR count). The fourth-order valence-electron chi connectivity index (χ4n) is 0.440. The summed E-state index contributed by atoms with van der Waals surface area (Å²) in [6.45, 7) is 1.60. The van der Waals surface area contributed by atoms with E-state index in [0.29, 0.717) is 0 Å². The SMILES string of the molecule is CCC(=O)O.O=C1C=CC(=O)C=C1. The Labute approximate surface area is 75.6 Å². The van der Waals surface area contributed by atoms with E-state index in [0.717, 1.165) is 0 Å².